The molecule has 1 fully saturated rings. The normalized spacial score (nSPS) is 18.9. The molecular weight excluding hydrogens is 501 g/mol. The lowest BCUT2D eigenvalue weighted by atomic mass is 9.88. The molecule has 0 radical (unpaired) electrons. The van der Waals surface area contributed by atoms with E-state index in [-0.39, 0.29) is 35.2 Å². The number of carbonyl (C=O) groups excluding carboxylic acids is 1. The fraction of sp³-hybridized carbons (Fsp3) is 0.586. The number of carbonyl (C=O) groups is 1. The lowest BCUT2D eigenvalue weighted by Gasteiger charge is -2.42. The Bertz CT molecular complexity index is 1270. The molecule has 0 spiro atoms. The quantitative estimate of drug-likeness (QED) is 0.350. The fourth-order valence-corrected chi connectivity index (χ4v) is 7.31. The van der Waals surface area contributed by atoms with Crippen LogP contribution in [0, 0.1) is 0 Å². The predicted molar refractivity (Wildman–Crippen MR) is 154 cm³/mol. The molecule has 208 valence electrons. The first-order valence-electron chi connectivity index (χ1n) is 13.7. The fourth-order valence-electron chi connectivity index (χ4n) is 5.93. The first-order valence-corrected chi connectivity index (χ1v) is 14.8. The van der Waals surface area contributed by atoms with Gasteiger partial charge in [0.1, 0.15) is 11.1 Å². The predicted octanol–water partition coefficient (Wildman–Crippen LogP) is 5.77. The smallest absolute Gasteiger partial charge is 0.349 e. The highest BCUT2D eigenvalue weighted by atomic mass is 31.2. The number of rotatable bonds is 7. The van der Waals surface area contributed by atoms with E-state index in [1.54, 1.807) is 11.0 Å². The number of piperidine rings is 1. The van der Waals surface area contributed by atoms with Crippen molar-refractivity contribution in [1.29, 1.82) is 0 Å². The number of likely N-dealkylation sites (tertiary alicyclic amines) is 1. The molecule has 1 N–H and O–H groups in total. The van der Waals surface area contributed by atoms with Gasteiger partial charge in [-0.2, -0.15) is 0 Å². The van der Waals surface area contributed by atoms with Crippen LogP contribution in [0.3, 0.4) is 0 Å². The van der Waals surface area contributed by atoms with Gasteiger partial charge in [0.25, 0.3) is 14.4 Å². The lowest BCUT2D eigenvalue weighted by Crippen LogP contribution is -2.44. The molecule has 3 heterocycles. The monoisotopic (exact) mass is 543 g/mol. The molecule has 4 rings (SSSR count). The topological polar surface area (TPSA) is 86.5 Å². The second-order valence-corrected chi connectivity index (χ2v) is 12.7. The van der Waals surface area contributed by atoms with Gasteiger partial charge in [0.05, 0.1) is 11.6 Å². The number of likely N-dealkylation sites (N-methyl/N-ethyl adjacent to an activating group) is 1. The average molecular weight is 544 g/mol. The molecule has 38 heavy (non-hydrogen) atoms. The van der Waals surface area contributed by atoms with E-state index in [1.165, 1.54) is 0 Å². The number of allylic oxidation sites excluding steroid dienone is 1. The van der Waals surface area contributed by atoms with Crippen molar-refractivity contribution in [3.8, 4) is 0 Å². The first-order chi connectivity index (χ1) is 17.8. The summed E-state index contributed by atoms with van der Waals surface area (Å²) < 4.78 is 13.7. The third-order valence-electron chi connectivity index (χ3n) is 7.61. The second-order valence-electron chi connectivity index (χ2n) is 11.5. The molecule has 9 heteroatoms. The molecule has 0 saturated carbocycles. The van der Waals surface area contributed by atoms with Crippen LogP contribution in [0.15, 0.2) is 33.5 Å². The molecule has 1 aromatic heterocycles. The molecule has 1 unspecified atom stereocenters. The maximum absolute atomic E-state index is 13.4. The zero-order valence-corrected chi connectivity index (χ0v) is 24.8. The molecule has 1 saturated heterocycles. The minimum Gasteiger partial charge on any atom is -0.422 e. The van der Waals surface area contributed by atoms with Gasteiger partial charge in [0.2, 0.25) is 0 Å². The van der Waals surface area contributed by atoms with Gasteiger partial charge in [0, 0.05) is 54.4 Å². The van der Waals surface area contributed by atoms with Crippen molar-refractivity contribution in [1.82, 2.24) is 9.57 Å². The lowest BCUT2D eigenvalue weighted by molar-refractivity contribution is 0.0565. The third kappa shape index (κ3) is 5.55. The molecule has 1 amide bonds. The Hall–Kier alpha value is -2.25. The first kappa shape index (κ1) is 28.8. The third-order valence-corrected chi connectivity index (χ3v) is 9.41. The van der Waals surface area contributed by atoms with Crippen LogP contribution in [0.25, 0.3) is 16.5 Å². The Morgan fingerprint density at radius 3 is 2.39 bits per heavy atom. The highest BCUT2D eigenvalue weighted by molar-refractivity contribution is 7.43. The number of benzene rings is 1. The van der Waals surface area contributed by atoms with E-state index in [9.17, 15) is 14.5 Å². The molecular formula is C29H42N3O5P. The number of hydrogen-bond donors (Lipinski definition) is 1. The Labute approximate surface area is 227 Å². The van der Waals surface area contributed by atoms with Crippen LogP contribution in [0.2, 0.25) is 0 Å². The summed E-state index contributed by atoms with van der Waals surface area (Å²) in [4.78, 5) is 41.0. The van der Waals surface area contributed by atoms with Crippen LogP contribution in [0.4, 0.5) is 5.69 Å². The molecule has 2 aliphatic rings. The van der Waals surface area contributed by atoms with E-state index < -0.39 is 14.2 Å². The summed E-state index contributed by atoms with van der Waals surface area (Å²) in [6, 6.07) is 5.96. The van der Waals surface area contributed by atoms with Gasteiger partial charge in [0.15, 0.2) is 0 Å². The molecule has 0 bridgehead atoms. The van der Waals surface area contributed by atoms with Crippen LogP contribution in [-0.2, 0) is 4.52 Å². The molecule has 1 aromatic carbocycles. The zero-order valence-electron chi connectivity index (χ0n) is 23.9. The standard InChI is InChI=1S/C29H42N3O5P/c1-9-31-25-16-26-21(14-23(25)20(6)17-29(31,7)8)15-24(28(34)36-26)27(33)30-12-10-22(11-13-30)37-38(35)32(18(2)3)19(4)5/h14-19,22,35H,9-13H2,1-8H3. The number of anilines is 1. The molecule has 2 aromatic rings. The van der Waals surface area contributed by atoms with Crippen molar-refractivity contribution >= 4 is 36.7 Å². The number of nitrogens with zero attached hydrogens (tertiary/aromatic N) is 3. The second kappa shape index (κ2) is 11.1. The number of fused-ring (bicyclic) bond motifs is 2. The summed E-state index contributed by atoms with van der Waals surface area (Å²) in [5, 5.41) is 0.738. The molecule has 2 aliphatic heterocycles. The summed E-state index contributed by atoms with van der Waals surface area (Å²) in [6.45, 7) is 18.5. The average Bonchev–Trinajstić information content (AvgIpc) is 2.82. The van der Waals surface area contributed by atoms with Gasteiger partial charge in [-0.3, -0.25) is 4.79 Å². The van der Waals surface area contributed by atoms with E-state index in [2.05, 4.69) is 38.7 Å². The highest BCUT2D eigenvalue weighted by Crippen LogP contribution is 2.43. The van der Waals surface area contributed by atoms with E-state index in [1.807, 2.05) is 44.5 Å². The van der Waals surface area contributed by atoms with Gasteiger partial charge >= 0.3 is 5.63 Å². The largest absolute Gasteiger partial charge is 0.422 e. The van der Waals surface area contributed by atoms with Crippen molar-refractivity contribution in [3.05, 3.63) is 45.8 Å². The van der Waals surface area contributed by atoms with Crippen molar-refractivity contribution in [2.45, 2.75) is 92.0 Å². The van der Waals surface area contributed by atoms with Crippen LogP contribution < -0.4 is 10.5 Å². The van der Waals surface area contributed by atoms with Gasteiger partial charge in [-0.05, 0) is 85.9 Å². The van der Waals surface area contributed by atoms with Gasteiger partial charge in [-0.25, -0.2) is 9.46 Å². The van der Waals surface area contributed by atoms with Gasteiger partial charge in [-0.1, -0.05) is 6.08 Å². The Kier molecular flexibility index (Phi) is 8.39. The van der Waals surface area contributed by atoms with Crippen molar-refractivity contribution < 1.29 is 18.6 Å². The van der Waals surface area contributed by atoms with Crippen LogP contribution in [0.5, 0.6) is 0 Å². The van der Waals surface area contributed by atoms with Crippen molar-refractivity contribution in [2.75, 3.05) is 24.5 Å². The SMILES string of the molecule is CCN1c2cc3oc(=O)c(C(=O)N4CCC(OP(O)N(C(C)C)C(C)C)CC4)cc3cc2C(C)=CC1(C)C. The van der Waals surface area contributed by atoms with Crippen LogP contribution >= 0.6 is 8.53 Å². The highest BCUT2D eigenvalue weighted by Gasteiger charge is 2.33. The zero-order chi connectivity index (χ0) is 27.9. The van der Waals surface area contributed by atoms with Crippen LogP contribution in [-0.4, -0.2) is 63.7 Å². The molecule has 8 nitrogen and oxygen atoms in total. The van der Waals surface area contributed by atoms with Gasteiger partial charge < -0.3 is 23.6 Å². The minimum atomic E-state index is -1.71. The minimum absolute atomic E-state index is 0.0529. The summed E-state index contributed by atoms with van der Waals surface area (Å²) in [6.07, 6.45) is 3.33. The molecule has 0 aliphatic carbocycles. The number of hydrogen-bond acceptors (Lipinski definition) is 7. The summed E-state index contributed by atoms with van der Waals surface area (Å²) in [5.74, 6) is -0.322. The Morgan fingerprint density at radius 1 is 1.18 bits per heavy atom. The van der Waals surface area contributed by atoms with E-state index in [0.29, 0.717) is 31.5 Å². The Morgan fingerprint density at radius 2 is 1.82 bits per heavy atom. The molecule has 1 atom stereocenters. The van der Waals surface area contributed by atoms with Crippen molar-refractivity contribution in [3.63, 3.8) is 0 Å². The maximum Gasteiger partial charge on any atom is 0.349 e. The van der Waals surface area contributed by atoms with E-state index >= 15 is 0 Å². The summed E-state index contributed by atoms with van der Waals surface area (Å²) in [5.41, 5.74) is 3.05. The summed E-state index contributed by atoms with van der Waals surface area (Å²) >= 11 is 0. The van der Waals surface area contributed by atoms with Gasteiger partial charge in [-0.15, -0.1) is 0 Å². The van der Waals surface area contributed by atoms with Crippen LogP contribution in [0.1, 0.15) is 84.2 Å². The van der Waals surface area contributed by atoms with E-state index in [4.69, 9.17) is 8.94 Å². The van der Waals surface area contributed by atoms with E-state index in [0.717, 1.165) is 28.8 Å². The maximum atomic E-state index is 13.4. The Balaban J connectivity index is 1.52. The van der Waals surface area contributed by atoms with Crippen molar-refractivity contribution in [2.24, 2.45) is 0 Å². The number of amides is 1. The summed E-state index contributed by atoms with van der Waals surface area (Å²) in [7, 11) is -1.71.